The van der Waals surface area contributed by atoms with Gasteiger partial charge in [0.1, 0.15) is 17.1 Å². The number of aliphatic hydroxyl groups is 1. The molecule has 7 nitrogen and oxygen atoms in total. The van der Waals surface area contributed by atoms with Crippen molar-refractivity contribution in [3.63, 3.8) is 0 Å². The molecule has 0 saturated carbocycles. The summed E-state index contributed by atoms with van der Waals surface area (Å²) in [5, 5.41) is 10.3. The third-order valence-electron chi connectivity index (χ3n) is 4.47. The number of carbonyl (C=O) groups is 1. The molecule has 4 heterocycles. The first-order valence-electron chi connectivity index (χ1n) is 8.35. The molecule has 0 spiro atoms. The summed E-state index contributed by atoms with van der Waals surface area (Å²) >= 11 is 0. The van der Waals surface area contributed by atoms with Gasteiger partial charge in [-0.3, -0.25) is 14.1 Å². The second kappa shape index (κ2) is 6.70. The molecule has 7 heteroatoms. The average molecular weight is 340 g/mol. The van der Waals surface area contributed by atoms with E-state index in [1.165, 1.54) is 0 Å². The largest absolute Gasteiger partial charge is 0.468 e. The number of hydrogen-bond donors (Lipinski definition) is 1. The Morgan fingerprint density at radius 1 is 1.24 bits per heavy atom. The minimum atomic E-state index is -0.597. The normalized spacial score (nSPS) is 19.2. The Morgan fingerprint density at radius 2 is 2.16 bits per heavy atom. The van der Waals surface area contributed by atoms with E-state index in [2.05, 4.69) is 9.88 Å². The number of fused-ring (bicyclic) bond motifs is 1. The number of hydrogen-bond acceptors (Lipinski definition) is 5. The van der Waals surface area contributed by atoms with Crippen molar-refractivity contribution in [2.24, 2.45) is 0 Å². The minimum Gasteiger partial charge on any atom is -0.468 e. The van der Waals surface area contributed by atoms with Gasteiger partial charge in [-0.05, 0) is 24.3 Å². The molecule has 1 amide bonds. The zero-order valence-corrected chi connectivity index (χ0v) is 13.8. The SMILES string of the molecule is O=C(c1cnc2ccccn12)N1CCN(Cc2ccco2)C[C@H](O)C1. The number of rotatable bonds is 3. The number of amides is 1. The molecular weight excluding hydrogens is 320 g/mol. The molecule has 1 fully saturated rings. The van der Waals surface area contributed by atoms with Gasteiger partial charge < -0.3 is 14.4 Å². The Hall–Kier alpha value is -2.64. The number of furan rings is 1. The van der Waals surface area contributed by atoms with E-state index < -0.39 is 6.10 Å². The lowest BCUT2D eigenvalue weighted by molar-refractivity contribution is 0.0655. The summed E-state index contributed by atoms with van der Waals surface area (Å²) in [6, 6.07) is 9.38. The van der Waals surface area contributed by atoms with Crippen molar-refractivity contribution in [1.29, 1.82) is 0 Å². The van der Waals surface area contributed by atoms with E-state index in [0.29, 0.717) is 38.4 Å². The lowest BCUT2D eigenvalue weighted by Crippen LogP contribution is -2.38. The fourth-order valence-electron chi connectivity index (χ4n) is 3.26. The molecule has 0 radical (unpaired) electrons. The molecule has 0 unspecified atom stereocenters. The van der Waals surface area contributed by atoms with Crippen LogP contribution < -0.4 is 0 Å². The number of nitrogens with zero attached hydrogens (tertiary/aromatic N) is 4. The number of aliphatic hydroxyl groups excluding tert-OH is 1. The van der Waals surface area contributed by atoms with E-state index in [1.54, 1.807) is 21.8 Å². The van der Waals surface area contributed by atoms with E-state index in [0.717, 1.165) is 11.4 Å². The summed E-state index contributed by atoms with van der Waals surface area (Å²) in [4.78, 5) is 21.0. The van der Waals surface area contributed by atoms with Gasteiger partial charge in [0.25, 0.3) is 5.91 Å². The first kappa shape index (κ1) is 15.9. The highest BCUT2D eigenvalue weighted by Gasteiger charge is 2.27. The van der Waals surface area contributed by atoms with Gasteiger partial charge in [0.2, 0.25) is 0 Å². The predicted molar refractivity (Wildman–Crippen MR) is 91.1 cm³/mol. The third-order valence-corrected chi connectivity index (χ3v) is 4.47. The maximum atomic E-state index is 12.9. The van der Waals surface area contributed by atoms with Crippen LogP contribution in [0.25, 0.3) is 5.65 Å². The standard InChI is InChI=1S/C18H20N4O3/c23-14-11-20(13-15-4-3-9-25-15)7-8-21(12-14)18(24)16-10-19-17-5-1-2-6-22(16)17/h1-6,9-10,14,23H,7-8,11-13H2/t14-/m0/s1. The van der Waals surface area contributed by atoms with Crippen LogP contribution in [0.2, 0.25) is 0 Å². The Labute approximate surface area is 145 Å². The van der Waals surface area contributed by atoms with Gasteiger partial charge >= 0.3 is 0 Å². The molecule has 25 heavy (non-hydrogen) atoms. The zero-order valence-electron chi connectivity index (χ0n) is 13.8. The van der Waals surface area contributed by atoms with Crippen molar-refractivity contribution in [3.05, 3.63) is 60.4 Å². The van der Waals surface area contributed by atoms with Crippen molar-refractivity contribution in [3.8, 4) is 0 Å². The maximum Gasteiger partial charge on any atom is 0.272 e. The van der Waals surface area contributed by atoms with Crippen LogP contribution in [0.3, 0.4) is 0 Å². The number of carbonyl (C=O) groups excluding carboxylic acids is 1. The van der Waals surface area contributed by atoms with E-state index in [1.807, 2.05) is 36.5 Å². The lowest BCUT2D eigenvalue weighted by atomic mass is 10.3. The Balaban J connectivity index is 1.50. The monoisotopic (exact) mass is 340 g/mol. The molecule has 3 aromatic heterocycles. The van der Waals surface area contributed by atoms with Crippen LogP contribution in [0.5, 0.6) is 0 Å². The van der Waals surface area contributed by atoms with Crippen molar-refractivity contribution in [1.82, 2.24) is 19.2 Å². The number of aromatic nitrogens is 2. The number of β-amino-alcohol motifs (C(OH)–C–C–N with tert-alkyl or cyclic N) is 1. The molecule has 1 aliphatic heterocycles. The quantitative estimate of drug-likeness (QED) is 0.777. The maximum absolute atomic E-state index is 12.9. The Kier molecular flexibility index (Phi) is 4.25. The van der Waals surface area contributed by atoms with Gasteiger partial charge in [-0.15, -0.1) is 0 Å². The van der Waals surface area contributed by atoms with Gasteiger partial charge in [0.15, 0.2) is 0 Å². The molecule has 1 aliphatic rings. The Bertz CT molecular complexity index is 858. The Morgan fingerprint density at radius 3 is 3.00 bits per heavy atom. The van der Waals surface area contributed by atoms with Crippen LogP contribution >= 0.6 is 0 Å². The molecule has 1 N–H and O–H groups in total. The number of imidazole rings is 1. The van der Waals surface area contributed by atoms with Gasteiger partial charge in [-0.25, -0.2) is 4.98 Å². The van der Waals surface area contributed by atoms with Crippen molar-refractivity contribution in [2.75, 3.05) is 26.2 Å². The number of pyridine rings is 1. The average Bonchev–Trinajstić information content (AvgIpc) is 3.23. The lowest BCUT2D eigenvalue weighted by Gasteiger charge is -2.21. The van der Waals surface area contributed by atoms with Crippen LogP contribution in [0.15, 0.2) is 53.4 Å². The fourth-order valence-corrected chi connectivity index (χ4v) is 3.26. The second-order valence-electron chi connectivity index (χ2n) is 6.29. The summed E-state index contributed by atoms with van der Waals surface area (Å²) in [5.41, 5.74) is 1.25. The van der Waals surface area contributed by atoms with Crippen molar-refractivity contribution in [2.45, 2.75) is 12.6 Å². The highest BCUT2D eigenvalue weighted by molar-refractivity contribution is 5.93. The molecule has 0 aliphatic carbocycles. The van der Waals surface area contributed by atoms with E-state index in [-0.39, 0.29) is 5.91 Å². The molecular formula is C18H20N4O3. The zero-order chi connectivity index (χ0) is 17.2. The van der Waals surface area contributed by atoms with E-state index in [4.69, 9.17) is 4.42 Å². The van der Waals surface area contributed by atoms with Crippen molar-refractivity contribution >= 4 is 11.6 Å². The summed E-state index contributed by atoms with van der Waals surface area (Å²) < 4.78 is 7.16. The van der Waals surface area contributed by atoms with E-state index in [9.17, 15) is 9.90 Å². The highest BCUT2D eigenvalue weighted by atomic mass is 16.3. The molecule has 0 aromatic carbocycles. The van der Waals surface area contributed by atoms with Gasteiger partial charge in [-0.2, -0.15) is 0 Å². The first-order valence-corrected chi connectivity index (χ1v) is 8.35. The molecule has 4 rings (SSSR count). The molecule has 130 valence electrons. The fraction of sp³-hybridized carbons (Fsp3) is 0.333. The topological polar surface area (TPSA) is 74.2 Å². The minimum absolute atomic E-state index is 0.113. The van der Waals surface area contributed by atoms with E-state index >= 15 is 0 Å². The van der Waals surface area contributed by atoms with Crippen LogP contribution in [0, 0.1) is 0 Å². The van der Waals surface area contributed by atoms with Crippen LogP contribution in [-0.4, -0.2) is 62.5 Å². The molecule has 1 atom stereocenters. The summed E-state index contributed by atoms with van der Waals surface area (Å²) in [6.07, 6.45) is 4.47. The van der Waals surface area contributed by atoms with Gasteiger partial charge in [0, 0.05) is 32.4 Å². The third kappa shape index (κ3) is 3.29. The second-order valence-corrected chi connectivity index (χ2v) is 6.29. The molecule has 0 bridgehead atoms. The van der Waals surface area contributed by atoms with Crippen LogP contribution in [-0.2, 0) is 6.54 Å². The predicted octanol–water partition coefficient (Wildman–Crippen LogP) is 1.25. The first-order chi connectivity index (χ1) is 12.2. The van der Waals surface area contributed by atoms with Gasteiger partial charge in [0.05, 0.1) is 25.1 Å². The summed E-state index contributed by atoms with van der Waals surface area (Å²) in [6.45, 7) is 2.68. The highest BCUT2D eigenvalue weighted by Crippen LogP contribution is 2.14. The van der Waals surface area contributed by atoms with Gasteiger partial charge in [-0.1, -0.05) is 6.07 Å². The van der Waals surface area contributed by atoms with Crippen LogP contribution in [0.4, 0.5) is 0 Å². The van der Waals surface area contributed by atoms with Crippen molar-refractivity contribution < 1.29 is 14.3 Å². The van der Waals surface area contributed by atoms with Crippen LogP contribution in [0.1, 0.15) is 16.2 Å². The molecule has 1 saturated heterocycles. The summed E-state index contributed by atoms with van der Waals surface area (Å²) in [7, 11) is 0. The smallest absolute Gasteiger partial charge is 0.272 e. The summed E-state index contributed by atoms with van der Waals surface area (Å²) in [5.74, 6) is 0.742. The molecule has 3 aromatic rings.